The third kappa shape index (κ3) is 2.41. The Bertz CT molecular complexity index is 403. The molecule has 1 aromatic rings. The number of anilines is 1. The molecule has 16 heavy (non-hydrogen) atoms. The van der Waals surface area contributed by atoms with Crippen molar-refractivity contribution in [1.29, 1.82) is 0 Å². The molecule has 1 aliphatic heterocycles. The van der Waals surface area contributed by atoms with Gasteiger partial charge in [0.1, 0.15) is 0 Å². The Morgan fingerprint density at radius 1 is 1.69 bits per heavy atom. The molecule has 2 heterocycles. The second-order valence-electron chi connectivity index (χ2n) is 4.54. The lowest BCUT2D eigenvalue weighted by Crippen LogP contribution is -2.32. The maximum absolute atomic E-state index is 11.5. The first-order chi connectivity index (χ1) is 7.66. The van der Waals surface area contributed by atoms with E-state index < -0.39 is 0 Å². The summed E-state index contributed by atoms with van der Waals surface area (Å²) in [5.74, 6) is 1.15. The molecule has 1 N–H and O–H groups in total. The maximum Gasteiger partial charge on any atom is 0.290 e. The van der Waals surface area contributed by atoms with Crippen LogP contribution in [0, 0.1) is 5.92 Å². The highest BCUT2D eigenvalue weighted by molar-refractivity contribution is 5.33. The molecular weight excluding hydrogens is 204 g/mol. The van der Waals surface area contributed by atoms with E-state index in [4.69, 9.17) is 0 Å². The number of aromatic amines is 1. The quantitative estimate of drug-likeness (QED) is 0.791. The minimum atomic E-state index is -0.114. The molecule has 1 atom stereocenters. The average molecular weight is 222 g/mol. The van der Waals surface area contributed by atoms with Crippen LogP contribution in [0.5, 0.6) is 0 Å². The average Bonchev–Trinajstić information content (AvgIpc) is 2.64. The van der Waals surface area contributed by atoms with Crippen LogP contribution in [0.25, 0.3) is 0 Å². The molecule has 88 valence electrons. The Labute approximate surface area is 95.1 Å². The van der Waals surface area contributed by atoms with Gasteiger partial charge in [-0.15, -0.1) is 0 Å². The van der Waals surface area contributed by atoms with Gasteiger partial charge in [0, 0.05) is 32.5 Å². The van der Waals surface area contributed by atoms with Crippen LogP contribution in [0.4, 0.5) is 5.82 Å². The fourth-order valence-corrected chi connectivity index (χ4v) is 2.27. The van der Waals surface area contributed by atoms with Gasteiger partial charge in [-0.2, -0.15) is 0 Å². The minimum absolute atomic E-state index is 0.114. The second-order valence-corrected chi connectivity index (χ2v) is 4.54. The maximum atomic E-state index is 11.5. The second kappa shape index (κ2) is 4.65. The van der Waals surface area contributed by atoms with Crippen LogP contribution < -0.4 is 10.5 Å². The third-order valence-corrected chi connectivity index (χ3v) is 3.07. The molecule has 0 aromatic carbocycles. The summed E-state index contributed by atoms with van der Waals surface area (Å²) in [5.41, 5.74) is -0.114. The predicted octanol–water partition coefficient (Wildman–Crippen LogP) is 0.158. The van der Waals surface area contributed by atoms with E-state index in [9.17, 15) is 4.79 Å². The van der Waals surface area contributed by atoms with Crippen LogP contribution in [0.1, 0.15) is 6.42 Å². The van der Waals surface area contributed by atoms with E-state index in [1.54, 1.807) is 12.4 Å². The minimum Gasteiger partial charge on any atom is -0.355 e. The number of nitrogens with zero attached hydrogens (tertiary/aromatic N) is 3. The predicted molar refractivity (Wildman–Crippen MR) is 63.7 cm³/mol. The van der Waals surface area contributed by atoms with Crippen molar-refractivity contribution >= 4 is 5.82 Å². The van der Waals surface area contributed by atoms with Crippen molar-refractivity contribution in [3.63, 3.8) is 0 Å². The van der Waals surface area contributed by atoms with Crippen molar-refractivity contribution < 1.29 is 0 Å². The zero-order chi connectivity index (χ0) is 11.5. The van der Waals surface area contributed by atoms with Crippen LogP contribution in [0.15, 0.2) is 17.2 Å². The van der Waals surface area contributed by atoms with Gasteiger partial charge in [-0.3, -0.25) is 4.79 Å². The van der Waals surface area contributed by atoms with Crippen molar-refractivity contribution in [2.45, 2.75) is 6.42 Å². The lowest BCUT2D eigenvalue weighted by molar-refractivity contribution is 0.395. The van der Waals surface area contributed by atoms with Crippen LogP contribution in [-0.4, -0.2) is 48.6 Å². The summed E-state index contributed by atoms with van der Waals surface area (Å²) < 4.78 is 0. The monoisotopic (exact) mass is 222 g/mol. The fraction of sp³-hybridized carbons (Fsp3) is 0.636. The van der Waals surface area contributed by atoms with Crippen molar-refractivity contribution in [3.05, 3.63) is 22.7 Å². The largest absolute Gasteiger partial charge is 0.355 e. The highest BCUT2D eigenvalue weighted by Crippen LogP contribution is 2.16. The van der Waals surface area contributed by atoms with Gasteiger partial charge in [0.25, 0.3) is 5.56 Å². The molecular formula is C11H18N4O. The summed E-state index contributed by atoms with van der Waals surface area (Å²) in [6, 6.07) is 0. The van der Waals surface area contributed by atoms with Crippen molar-refractivity contribution in [2.24, 2.45) is 5.92 Å². The van der Waals surface area contributed by atoms with Gasteiger partial charge < -0.3 is 14.8 Å². The Morgan fingerprint density at radius 2 is 2.50 bits per heavy atom. The SMILES string of the molecule is CN1CCC(CN(C)c2ncc[nH]c2=O)C1. The molecule has 0 radical (unpaired) electrons. The molecule has 1 unspecified atom stereocenters. The summed E-state index contributed by atoms with van der Waals surface area (Å²) in [4.78, 5) is 22.5. The smallest absolute Gasteiger partial charge is 0.290 e. The Balaban J connectivity index is 2.01. The normalized spacial score (nSPS) is 21.2. The highest BCUT2D eigenvalue weighted by Gasteiger charge is 2.21. The van der Waals surface area contributed by atoms with Crippen molar-refractivity contribution in [3.8, 4) is 0 Å². The number of hydrogen-bond acceptors (Lipinski definition) is 4. The van der Waals surface area contributed by atoms with Crippen molar-refractivity contribution in [2.75, 3.05) is 38.6 Å². The molecule has 5 nitrogen and oxygen atoms in total. The molecule has 2 rings (SSSR count). The van der Waals surface area contributed by atoms with Crippen molar-refractivity contribution in [1.82, 2.24) is 14.9 Å². The van der Waals surface area contributed by atoms with E-state index in [-0.39, 0.29) is 5.56 Å². The summed E-state index contributed by atoms with van der Waals surface area (Å²) in [5, 5.41) is 0. The molecule has 1 aliphatic rings. The summed E-state index contributed by atoms with van der Waals surface area (Å²) >= 11 is 0. The molecule has 0 bridgehead atoms. The molecule has 1 fully saturated rings. The molecule has 0 amide bonds. The van der Waals surface area contributed by atoms with E-state index in [1.807, 2.05) is 11.9 Å². The summed E-state index contributed by atoms with van der Waals surface area (Å²) in [6.07, 6.45) is 4.38. The number of nitrogens with one attached hydrogen (secondary N) is 1. The van der Waals surface area contributed by atoms with Crippen LogP contribution in [-0.2, 0) is 0 Å². The lowest BCUT2D eigenvalue weighted by atomic mass is 10.1. The van der Waals surface area contributed by atoms with Gasteiger partial charge in [-0.25, -0.2) is 4.98 Å². The highest BCUT2D eigenvalue weighted by atomic mass is 16.1. The molecule has 0 spiro atoms. The zero-order valence-corrected chi connectivity index (χ0v) is 9.81. The van der Waals surface area contributed by atoms with Gasteiger partial charge in [-0.1, -0.05) is 0 Å². The van der Waals surface area contributed by atoms with Gasteiger partial charge in [0.05, 0.1) is 0 Å². The van der Waals surface area contributed by atoms with E-state index >= 15 is 0 Å². The first-order valence-corrected chi connectivity index (χ1v) is 5.60. The number of rotatable bonds is 3. The standard InChI is InChI=1S/C11H18N4O/c1-14-6-3-9(7-14)8-15(2)10-11(16)13-5-4-12-10/h4-5,9H,3,6-8H2,1-2H3,(H,13,16). The van der Waals surface area contributed by atoms with Gasteiger partial charge in [-0.05, 0) is 25.9 Å². The first-order valence-electron chi connectivity index (χ1n) is 5.60. The zero-order valence-electron chi connectivity index (χ0n) is 9.81. The Morgan fingerprint density at radius 3 is 3.12 bits per heavy atom. The molecule has 0 saturated carbocycles. The third-order valence-electron chi connectivity index (χ3n) is 3.07. The molecule has 1 saturated heterocycles. The van der Waals surface area contributed by atoms with E-state index in [0.29, 0.717) is 11.7 Å². The topological polar surface area (TPSA) is 52.2 Å². The van der Waals surface area contributed by atoms with Crippen LogP contribution in [0.2, 0.25) is 0 Å². The van der Waals surface area contributed by atoms with E-state index in [2.05, 4.69) is 21.9 Å². The number of hydrogen-bond donors (Lipinski definition) is 1. The molecule has 0 aliphatic carbocycles. The van der Waals surface area contributed by atoms with E-state index in [0.717, 1.165) is 19.6 Å². The molecule has 5 heteroatoms. The lowest BCUT2D eigenvalue weighted by Gasteiger charge is -2.20. The number of aromatic nitrogens is 2. The number of H-pyrrole nitrogens is 1. The van der Waals surface area contributed by atoms with Crippen LogP contribution >= 0.6 is 0 Å². The Hall–Kier alpha value is -1.36. The summed E-state index contributed by atoms with van der Waals surface area (Å²) in [6.45, 7) is 3.15. The van der Waals surface area contributed by atoms with Gasteiger partial charge in [0.2, 0.25) is 0 Å². The van der Waals surface area contributed by atoms with E-state index in [1.165, 1.54) is 6.42 Å². The van der Waals surface area contributed by atoms with Gasteiger partial charge >= 0.3 is 0 Å². The fourth-order valence-electron chi connectivity index (χ4n) is 2.27. The first kappa shape index (κ1) is 11.1. The van der Waals surface area contributed by atoms with Crippen LogP contribution in [0.3, 0.4) is 0 Å². The summed E-state index contributed by atoms with van der Waals surface area (Å²) in [7, 11) is 4.06. The molecule has 1 aromatic heterocycles. The number of likely N-dealkylation sites (tertiary alicyclic amines) is 1. The Kier molecular flexibility index (Phi) is 3.24. The van der Waals surface area contributed by atoms with Gasteiger partial charge in [0.15, 0.2) is 5.82 Å².